The molecule has 0 unspecified atom stereocenters. The van der Waals surface area contributed by atoms with Crippen LogP contribution in [0.5, 0.6) is 0 Å². The number of nitrogens with zero attached hydrogens (tertiary/aromatic N) is 3. The fourth-order valence-corrected chi connectivity index (χ4v) is 2.91. The van der Waals surface area contributed by atoms with E-state index in [1.807, 2.05) is 0 Å². The largest absolute Gasteiger partial charge is 0.403 e. The van der Waals surface area contributed by atoms with Crippen molar-refractivity contribution in [1.29, 1.82) is 0 Å². The van der Waals surface area contributed by atoms with Crippen LogP contribution in [0.4, 0.5) is 6.01 Å². The van der Waals surface area contributed by atoms with Crippen LogP contribution in [0.3, 0.4) is 0 Å². The third kappa shape index (κ3) is 3.30. The van der Waals surface area contributed by atoms with Crippen molar-refractivity contribution in [1.82, 2.24) is 15.2 Å². The molecule has 0 fully saturated rings. The number of carbonyl (C=O) groups excluding carboxylic acids is 1. The molecule has 9 heteroatoms. The first-order valence-electron chi connectivity index (χ1n) is 6.79. The van der Waals surface area contributed by atoms with Gasteiger partial charge in [-0.15, -0.1) is 5.10 Å². The molecule has 3 aromatic rings. The van der Waals surface area contributed by atoms with E-state index >= 15 is 0 Å². The molecule has 122 valence electrons. The molecule has 1 amide bonds. The Bertz CT molecular complexity index is 983. The zero-order valence-corrected chi connectivity index (χ0v) is 13.3. The Morgan fingerprint density at radius 2 is 1.79 bits per heavy atom. The molecule has 1 N–H and O–H groups in total. The number of nitrogens with one attached hydrogen (secondary N) is 1. The summed E-state index contributed by atoms with van der Waals surface area (Å²) in [4.78, 5) is 16.1. The Morgan fingerprint density at radius 3 is 2.50 bits per heavy atom. The van der Waals surface area contributed by atoms with Crippen molar-refractivity contribution < 1.29 is 17.6 Å². The van der Waals surface area contributed by atoms with Crippen molar-refractivity contribution in [2.75, 3.05) is 11.6 Å². The molecule has 0 saturated heterocycles. The Hall–Kier alpha value is -3.07. The van der Waals surface area contributed by atoms with Gasteiger partial charge in [-0.3, -0.25) is 15.1 Å². The number of hydrogen-bond acceptors (Lipinski definition) is 7. The van der Waals surface area contributed by atoms with Gasteiger partial charge in [0.25, 0.3) is 5.91 Å². The predicted molar refractivity (Wildman–Crippen MR) is 85.0 cm³/mol. The molecule has 0 saturated carbocycles. The van der Waals surface area contributed by atoms with E-state index in [-0.39, 0.29) is 22.4 Å². The van der Waals surface area contributed by atoms with Gasteiger partial charge in [-0.25, -0.2) is 8.42 Å². The zero-order valence-electron chi connectivity index (χ0n) is 12.5. The Morgan fingerprint density at radius 1 is 1.08 bits per heavy atom. The van der Waals surface area contributed by atoms with Crippen LogP contribution >= 0.6 is 0 Å². The Balaban J connectivity index is 1.86. The maximum Gasteiger partial charge on any atom is 0.322 e. The van der Waals surface area contributed by atoms with Gasteiger partial charge in [0.15, 0.2) is 9.84 Å². The number of carbonyl (C=O) groups is 1. The van der Waals surface area contributed by atoms with E-state index in [9.17, 15) is 13.2 Å². The average Bonchev–Trinajstić information content (AvgIpc) is 3.03. The van der Waals surface area contributed by atoms with Gasteiger partial charge < -0.3 is 4.42 Å². The molecule has 2 aromatic heterocycles. The van der Waals surface area contributed by atoms with E-state index in [2.05, 4.69) is 20.5 Å². The molecular weight excluding hydrogens is 332 g/mol. The summed E-state index contributed by atoms with van der Waals surface area (Å²) >= 11 is 0. The first-order valence-corrected chi connectivity index (χ1v) is 8.68. The maximum atomic E-state index is 12.3. The highest BCUT2D eigenvalue weighted by Gasteiger charge is 2.20. The van der Waals surface area contributed by atoms with E-state index in [1.54, 1.807) is 36.7 Å². The van der Waals surface area contributed by atoms with Crippen LogP contribution in [-0.2, 0) is 9.84 Å². The van der Waals surface area contributed by atoms with Crippen LogP contribution in [0, 0.1) is 0 Å². The number of hydrogen-bond donors (Lipinski definition) is 1. The lowest BCUT2D eigenvalue weighted by Crippen LogP contribution is -2.16. The zero-order chi connectivity index (χ0) is 17.2. The first kappa shape index (κ1) is 15.8. The minimum Gasteiger partial charge on any atom is -0.403 e. The monoisotopic (exact) mass is 344 g/mol. The average molecular weight is 344 g/mol. The molecule has 0 atom stereocenters. The highest BCUT2D eigenvalue weighted by molar-refractivity contribution is 7.90. The van der Waals surface area contributed by atoms with Crippen LogP contribution in [0.25, 0.3) is 11.5 Å². The quantitative estimate of drug-likeness (QED) is 0.767. The molecule has 0 radical (unpaired) electrons. The predicted octanol–water partition coefficient (Wildman–Crippen LogP) is 1.79. The smallest absolute Gasteiger partial charge is 0.322 e. The van der Waals surface area contributed by atoms with E-state index in [4.69, 9.17) is 4.42 Å². The molecule has 3 rings (SSSR count). The molecule has 0 aliphatic heterocycles. The van der Waals surface area contributed by atoms with Crippen LogP contribution in [0.1, 0.15) is 10.4 Å². The number of sulfone groups is 1. The molecule has 1 aromatic carbocycles. The minimum atomic E-state index is -3.54. The number of amides is 1. The SMILES string of the molecule is CS(=O)(=O)c1ccccc1C(=O)Nc1nnc(-c2ccncc2)o1. The summed E-state index contributed by atoms with van der Waals surface area (Å²) in [7, 11) is -3.54. The second-order valence-electron chi connectivity index (χ2n) is 4.87. The standard InChI is InChI=1S/C15H12N4O4S/c1-24(21,22)12-5-3-2-4-11(12)13(20)17-15-19-18-14(23-15)10-6-8-16-9-7-10/h2-9H,1H3,(H,17,19,20). The fourth-order valence-electron chi connectivity index (χ4n) is 2.03. The minimum absolute atomic E-state index is 0.00339. The molecular formula is C15H12N4O4S. The molecule has 2 heterocycles. The fraction of sp³-hybridized carbons (Fsp3) is 0.0667. The topological polar surface area (TPSA) is 115 Å². The summed E-state index contributed by atoms with van der Waals surface area (Å²) in [5, 5.41) is 9.96. The third-order valence-electron chi connectivity index (χ3n) is 3.10. The number of pyridine rings is 1. The highest BCUT2D eigenvalue weighted by atomic mass is 32.2. The van der Waals surface area contributed by atoms with Crippen molar-refractivity contribution in [3.05, 3.63) is 54.4 Å². The van der Waals surface area contributed by atoms with Crippen LogP contribution in [0.2, 0.25) is 0 Å². The lowest BCUT2D eigenvalue weighted by Gasteiger charge is -2.06. The molecule has 8 nitrogen and oxygen atoms in total. The van der Waals surface area contributed by atoms with E-state index in [1.165, 1.54) is 12.1 Å². The normalized spacial score (nSPS) is 11.2. The summed E-state index contributed by atoms with van der Waals surface area (Å²) in [6, 6.07) is 9.11. The van der Waals surface area contributed by atoms with Crippen LogP contribution in [-0.4, -0.2) is 35.8 Å². The maximum absolute atomic E-state index is 12.3. The number of benzene rings is 1. The lowest BCUT2D eigenvalue weighted by molar-refractivity contribution is 0.102. The summed E-state index contributed by atoms with van der Waals surface area (Å²) in [6.45, 7) is 0. The van der Waals surface area contributed by atoms with Crippen molar-refractivity contribution in [3.8, 4) is 11.5 Å². The van der Waals surface area contributed by atoms with Gasteiger partial charge >= 0.3 is 6.01 Å². The molecule has 0 aliphatic carbocycles. The van der Waals surface area contributed by atoms with Gasteiger partial charge in [-0.1, -0.05) is 17.2 Å². The number of rotatable bonds is 4. The van der Waals surface area contributed by atoms with E-state index in [0.29, 0.717) is 5.56 Å². The van der Waals surface area contributed by atoms with Gasteiger partial charge in [0, 0.05) is 24.2 Å². The first-order chi connectivity index (χ1) is 11.4. The van der Waals surface area contributed by atoms with Crippen molar-refractivity contribution in [3.63, 3.8) is 0 Å². The summed E-state index contributed by atoms with van der Waals surface area (Å²) in [6.07, 6.45) is 4.17. The molecule has 24 heavy (non-hydrogen) atoms. The second-order valence-corrected chi connectivity index (χ2v) is 6.85. The number of aromatic nitrogens is 3. The van der Waals surface area contributed by atoms with Gasteiger partial charge in [0.05, 0.1) is 10.5 Å². The van der Waals surface area contributed by atoms with Gasteiger partial charge in [0.2, 0.25) is 5.89 Å². The third-order valence-corrected chi connectivity index (χ3v) is 4.26. The molecule has 0 spiro atoms. The summed E-state index contributed by atoms with van der Waals surface area (Å²) in [5.41, 5.74) is 0.651. The van der Waals surface area contributed by atoms with Gasteiger partial charge in [-0.2, -0.15) is 0 Å². The van der Waals surface area contributed by atoms with Crippen LogP contribution in [0.15, 0.2) is 58.1 Å². The van der Waals surface area contributed by atoms with Crippen molar-refractivity contribution in [2.45, 2.75) is 4.90 Å². The lowest BCUT2D eigenvalue weighted by atomic mass is 10.2. The van der Waals surface area contributed by atoms with Gasteiger partial charge in [0.1, 0.15) is 0 Å². The number of anilines is 1. The summed E-state index contributed by atoms with van der Waals surface area (Å²) in [5.74, 6) is -0.440. The van der Waals surface area contributed by atoms with E-state index in [0.717, 1.165) is 6.26 Å². The van der Waals surface area contributed by atoms with E-state index < -0.39 is 15.7 Å². The summed E-state index contributed by atoms with van der Waals surface area (Å²) < 4.78 is 28.9. The molecule has 0 bridgehead atoms. The van der Waals surface area contributed by atoms with Crippen LogP contribution < -0.4 is 5.32 Å². The van der Waals surface area contributed by atoms with Crippen molar-refractivity contribution in [2.24, 2.45) is 0 Å². The van der Waals surface area contributed by atoms with Gasteiger partial charge in [-0.05, 0) is 24.3 Å². The molecule has 0 aliphatic rings. The van der Waals surface area contributed by atoms with Crippen molar-refractivity contribution >= 4 is 21.8 Å². The highest BCUT2D eigenvalue weighted by Crippen LogP contribution is 2.20. The second kappa shape index (κ2) is 6.20. The Kier molecular flexibility index (Phi) is 4.09. The Labute approximate surface area is 137 Å².